The van der Waals surface area contributed by atoms with E-state index in [1.165, 1.54) is 0 Å². The molecule has 6 heteroatoms. The van der Waals surface area contributed by atoms with Gasteiger partial charge in [-0.1, -0.05) is 0 Å². The summed E-state index contributed by atoms with van der Waals surface area (Å²) < 4.78 is 0. The molecule has 0 aromatic carbocycles. The van der Waals surface area contributed by atoms with E-state index in [9.17, 15) is 0 Å². The van der Waals surface area contributed by atoms with Gasteiger partial charge in [-0.15, -0.1) is 0 Å². The summed E-state index contributed by atoms with van der Waals surface area (Å²) in [7, 11) is 0. The van der Waals surface area contributed by atoms with E-state index in [-0.39, 0.29) is 5.28 Å². The fourth-order valence-corrected chi connectivity index (χ4v) is 1.02. The lowest BCUT2D eigenvalue weighted by Crippen LogP contribution is -1.92. The van der Waals surface area contributed by atoms with Gasteiger partial charge in [-0.3, -0.25) is 5.10 Å². The highest BCUT2D eigenvalue weighted by Gasteiger charge is 1.97. The maximum Gasteiger partial charge on any atom is 0.224 e. The van der Waals surface area contributed by atoms with E-state index in [0.29, 0.717) is 5.82 Å². The summed E-state index contributed by atoms with van der Waals surface area (Å²) in [6.45, 7) is 0. The average molecular weight is 196 g/mol. The molecule has 0 unspecified atom stereocenters. The van der Waals surface area contributed by atoms with Gasteiger partial charge in [0.05, 0.1) is 11.9 Å². The molecule has 0 saturated carbocycles. The van der Waals surface area contributed by atoms with Crippen LogP contribution in [-0.4, -0.2) is 20.2 Å². The highest BCUT2D eigenvalue weighted by atomic mass is 35.5. The molecule has 2 rings (SSSR count). The van der Waals surface area contributed by atoms with Crippen LogP contribution in [0.3, 0.4) is 0 Å². The van der Waals surface area contributed by atoms with Gasteiger partial charge in [-0.25, -0.2) is 9.97 Å². The van der Waals surface area contributed by atoms with Crippen molar-refractivity contribution >= 4 is 23.1 Å². The molecule has 0 fully saturated rings. The van der Waals surface area contributed by atoms with Crippen LogP contribution in [0, 0.1) is 0 Å². The first-order valence-electron chi connectivity index (χ1n) is 3.59. The van der Waals surface area contributed by atoms with E-state index in [0.717, 1.165) is 5.69 Å². The summed E-state index contributed by atoms with van der Waals surface area (Å²) in [5.74, 6) is 0.640. The second kappa shape index (κ2) is 3.40. The third-order valence-corrected chi connectivity index (χ3v) is 1.58. The molecule has 0 aliphatic rings. The Hall–Kier alpha value is -1.62. The Balaban J connectivity index is 2.19. The van der Waals surface area contributed by atoms with Gasteiger partial charge in [0.25, 0.3) is 0 Å². The first-order valence-corrected chi connectivity index (χ1v) is 3.97. The van der Waals surface area contributed by atoms with Crippen molar-refractivity contribution in [1.29, 1.82) is 0 Å². The lowest BCUT2D eigenvalue weighted by molar-refractivity contribution is 1.09. The van der Waals surface area contributed by atoms with Crippen LogP contribution in [0.5, 0.6) is 0 Å². The van der Waals surface area contributed by atoms with Crippen molar-refractivity contribution in [1.82, 2.24) is 20.2 Å². The Bertz CT molecular complexity index is 386. The number of anilines is 2. The number of hydrogen-bond acceptors (Lipinski definition) is 4. The minimum Gasteiger partial charge on any atom is -0.338 e. The number of aromatic nitrogens is 4. The van der Waals surface area contributed by atoms with E-state index in [1.807, 2.05) is 0 Å². The number of nitrogens with one attached hydrogen (secondary N) is 2. The molecule has 0 aliphatic carbocycles. The highest BCUT2D eigenvalue weighted by Crippen LogP contribution is 2.12. The first-order chi connectivity index (χ1) is 6.34. The van der Waals surface area contributed by atoms with Gasteiger partial charge in [0.15, 0.2) is 0 Å². The monoisotopic (exact) mass is 195 g/mol. The lowest BCUT2D eigenvalue weighted by atomic mass is 10.5. The van der Waals surface area contributed by atoms with Gasteiger partial charge in [0, 0.05) is 12.4 Å². The fourth-order valence-electron chi connectivity index (χ4n) is 0.872. The maximum atomic E-state index is 5.60. The Labute approximate surface area is 79.2 Å². The van der Waals surface area contributed by atoms with Crippen LogP contribution in [0.25, 0.3) is 0 Å². The molecule has 13 heavy (non-hydrogen) atoms. The molecule has 2 heterocycles. The highest BCUT2D eigenvalue weighted by molar-refractivity contribution is 6.28. The second-order valence-electron chi connectivity index (χ2n) is 2.32. The number of hydrogen-bond donors (Lipinski definition) is 2. The lowest BCUT2D eigenvalue weighted by Gasteiger charge is -2.00. The van der Waals surface area contributed by atoms with E-state index in [2.05, 4.69) is 25.5 Å². The average Bonchev–Trinajstić information content (AvgIpc) is 2.57. The third-order valence-electron chi connectivity index (χ3n) is 1.40. The Morgan fingerprint density at radius 2 is 2.38 bits per heavy atom. The van der Waals surface area contributed by atoms with Gasteiger partial charge in [-0.2, -0.15) is 5.10 Å². The molecule has 0 bridgehead atoms. The summed E-state index contributed by atoms with van der Waals surface area (Å²) in [4.78, 5) is 7.71. The molecule has 0 amide bonds. The van der Waals surface area contributed by atoms with Crippen LogP contribution in [0.15, 0.2) is 24.7 Å². The molecule has 66 valence electrons. The molecule has 0 atom stereocenters. The summed E-state index contributed by atoms with van der Waals surface area (Å²) in [6, 6.07) is 1.72. The number of halogens is 1. The van der Waals surface area contributed by atoms with Crippen LogP contribution in [0.1, 0.15) is 0 Å². The van der Waals surface area contributed by atoms with Crippen LogP contribution in [-0.2, 0) is 0 Å². The molecular weight excluding hydrogens is 190 g/mol. The number of aromatic amines is 1. The van der Waals surface area contributed by atoms with Crippen molar-refractivity contribution in [2.24, 2.45) is 0 Å². The minimum absolute atomic E-state index is 0.216. The number of H-pyrrole nitrogens is 1. The SMILES string of the molecule is Clc1nccc(Nc2cn[nH]c2)n1. The Morgan fingerprint density at radius 1 is 1.46 bits per heavy atom. The molecular formula is C7H6ClN5. The zero-order valence-electron chi connectivity index (χ0n) is 6.53. The Kier molecular flexibility index (Phi) is 2.09. The van der Waals surface area contributed by atoms with Gasteiger partial charge in [0.2, 0.25) is 5.28 Å². The molecule has 0 radical (unpaired) electrons. The van der Waals surface area contributed by atoms with Crippen molar-refractivity contribution in [3.63, 3.8) is 0 Å². The fraction of sp³-hybridized carbons (Fsp3) is 0. The van der Waals surface area contributed by atoms with Gasteiger partial charge in [-0.05, 0) is 17.7 Å². The zero-order chi connectivity index (χ0) is 9.10. The van der Waals surface area contributed by atoms with Crippen LogP contribution in [0.2, 0.25) is 5.28 Å². The van der Waals surface area contributed by atoms with Crippen LogP contribution < -0.4 is 5.32 Å². The van der Waals surface area contributed by atoms with Crippen molar-refractivity contribution in [2.45, 2.75) is 0 Å². The maximum absolute atomic E-state index is 5.60. The Morgan fingerprint density at radius 3 is 3.08 bits per heavy atom. The normalized spacial score (nSPS) is 9.92. The molecule has 0 aliphatic heterocycles. The van der Waals surface area contributed by atoms with Crippen LogP contribution in [0.4, 0.5) is 11.5 Å². The van der Waals surface area contributed by atoms with Crippen molar-refractivity contribution < 1.29 is 0 Å². The first kappa shape index (κ1) is 8.00. The van der Waals surface area contributed by atoms with E-state index in [4.69, 9.17) is 11.6 Å². The van der Waals surface area contributed by atoms with E-state index < -0.39 is 0 Å². The topological polar surface area (TPSA) is 66.5 Å². The smallest absolute Gasteiger partial charge is 0.224 e. The number of rotatable bonds is 2. The predicted octanol–water partition coefficient (Wildman–Crippen LogP) is 1.60. The summed E-state index contributed by atoms with van der Waals surface area (Å²) in [5.41, 5.74) is 0.828. The third kappa shape index (κ3) is 1.94. The summed E-state index contributed by atoms with van der Waals surface area (Å²) in [6.07, 6.45) is 4.95. The number of nitrogens with zero attached hydrogens (tertiary/aromatic N) is 3. The predicted molar refractivity (Wildman–Crippen MR) is 48.9 cm³/mol. The van der Waals surface area contributed by atoms with Crippen LogP contribution >= 0.6 is 11.6 Å². The molecule has 5 nitrogen and oxygen atoms in total. The summed E-state index contributed by atoms with van der Waals surface area (Å²) >= 11 is 5.60. The standard InChI is InChI=1S/C7H6ClN5/c8-7-9-2-1-6(13-7)12-5-3-10-11-4-5/h1-4H,(H,10,11)(H,9,12,13). The molecule has 2 aromatic heterocycles. The van der Waals surface area contributed by atoms with Crippen molar-refractivity contribution in [3.05, 3.63) is 29.9 Å². The molecule has 0 spiro atoms. The molecule has 2 N–H and O–H groups in total. The van der Waals surface area contributed by atoms with Crippen molar-refractivity contribution in [3.8, 4) is 0 Å². The van der Waals surface area contributed by atoms with Gasteiger partial charge < -0.3 is 5.32 Å². The largest absolute Gasteiger partial charge is 0.338 e. The molecule has 0 saturated heterocycles. The quantitative estimate of drug-likeness (QED) is 0.715. The van der Waals surface area contributed by atoms with E-state index in [1.54, 1.807) is 24.7 Å². The van der Waals surface area contributed by atoms with Gasteiger partial charge in [0.1, 0.15) is 5.82 Å². The molecule has 2 aromatic rings. The second-order valence-corrected chi connectivity index (χ2v) is 2.66. The zero-order valence-corrected chi connectivity index (χ0v) is 7.28. The van der Waals surface area contributed by atoms with Gasteiger partial charge >= 0.3 is 0 Å². The van der Waals surface area contributed by atoms with Crippen molar-refractivity contribution in [2.75, 3.05) is 5.32 Å². The minimum atomic E-state index is 0.216. The summed E-state index contributed by atoms with van der Waals surface area (Å²) in [5, 5.41) is 9.66. The van der Waals surface area contributed by atoms with E-state index >= 15 is 0 Å².